The standard InChI is InChI=1S/C25H29N3O3/c1-16(2)12-23(28-21-14-20-5-4-17(3)13-22(20)27-15-21)18-6-8-19(9-7-18)25(31)26-11-10-24(29)30/h4-9,13-16,23,28H,10-12H2,1-3H3,(H,26,31)(H,29,30)/t23-/m0/s1. The van der Waals surface area contributed by atoms with Gasteiger partial charge >= 0.3 is 5.97 Å². The molecule has 0 saturated carbocycles. The lowest BCUT2D eigenvalue weighted by Gasteiger charge is -2.22. The number of rotatable bonds is 9. The van der Waals surface area contributed by atoms with Gasteiger partial charge in [-0.2, -0.15) is 0 Å². The van der Waals surface area contributed by atoms with Crippen LogP contribution in [0.4, 0.5) is 5.69 Å². The highest BCUT2D eigenvalue weighted by molar-refractivity contribution is 5.94. The molecule has 3 aromatic rings. The lowest BCUT2D eigenvalue weighted by molar-refractivity contribution is -0.136. The molecule has 0 fully saturated rings. The van der Waals surface area contributed by atoms with E-state index >= 15 is 0 Å². The number of aliphatic carboxylic acids is 1. The van der Waals surface area contributed by atoms with Crippen LogP contribution in [-0.2, 0) is 4.79 Å². The molecule has 0 bridgehead atoms. The van der Waals surface area contributed by atoms with Gasteiger partial charge in [-0.1, -0.05) is 38.1 Å². The molecular formula is C25H29N3O3. The Morgan fingerprint density at radius 1 is 1.06 bits per heavy atom. The minimum atomic E-state index is -0.934. The molecular weight excluding hydrogens is 390 g/mol. The molecule has 2 aromatic carbocycles. The zero-order valence-corrected chi connectivity index (χ0v) is 18.2. The molecule has 0 aliphatic carbocycles. The monoisotopic (exact) mass is 419 g/mol. The number of aryl methyl sites for hydroxylation is 1. The zero-order valence-electron chi connectivity index (χ0n) is 18.2. The van der Waals surface area contributed by atoms with E-state index in [2.05, 4.69) is 60.7 Å². The van der Waals surface area contributed by atoms with Crippen molar-refractivity contribution in [1.29, 1.82) is 0 Å². The fourth-order valence-electron chi connectivity index (χ4n) is 3.51. The Balaban J connectivity index is 1.75. The Hall–Kier alpha value is -3.41. The van der Waals surface area contributed by atoms with Gasteiger partial charge in [0.15, 0.2) is 0 Å². The number of benzene rings is 2. The van der Waals surface area contributed by atoms with Gasteiger partial charge in [0.25, 0.3) is 5.91 Å². The van der Waals surface area contributed by atoms with E-state index in [-0.39, 0.29) is 24.9 Å². The van der Waals surface area contributed by atoms with Crippen molar-refractivity contribution in [3.05, 3.63) is 71.4 Å². The minimum absolute atomic E-state index is 0.0776. The first-order chi connectivity index (χ1) is 14.8. The topological polar surface area (TPSA) is 91.3 Å². The fraction of sp³-hybridized carbons (Fsp3) is 0.320. The van der Waals surface area contributed by atoms with Gasteiger partial charge in [0.1, 0.15) is 0 Å². The van der Waals surface area contributed by atoms with Crippen LogP contribution in [0.1, 0.15) is 54.2 Å². The molecule has 3 N–H and O–H groups in total. The number of carboxylic acid groups (broad SMARTS) is 1. The van der Waals surface area contributed by atoms with E-state index in [1.165, 1.54) is 5.56 Å². The van der Waals surface area contributed by atoms with E-state index in [0.717, 1.165) is 28.6 Å². The van der Waals surface area contributed by atoms with Crippen molar-refractivity contribution in [3.8, 4) is 0 Å². The number of nitrogens with one attached hydrogen (secondary N) is 2. The normalized spacial score (nSPS) is 12.0. The lowest BCUT2D eigenvalue weighted by atomic mass is 9.95. The third kappa shape index (κ3) is 6.28. The number of amides is 1. The van der Waals surface area contributed by atoms with Gasteiger partial charge in [0.2, 0.25) is 0 Å². The first kappa shape index (κ1) is 22.3. The largest absolute Gasteiger partial charge is 0.481 e. The van der Waals surface area contributed by atoms with E-state index in [1.54, 1.807) is 12.1 Å². The fourth-order valence-corrected chi connectivity index (χ4v) is 3.51. The number of anilines is 1. The number of carboxylic acids is 1. The summed E-state index contributed by atoms with van der Waals surface area (Å²) in [5, 5.41) is 16.0. The van der Waals surface area contributed by atoms with Crippen molar-refractivity contribution in [1.82, 2.24) is 10.3 Å². The summed E-state index contributed by atoms with van der Waals surface area (Å²) in [5.74, 6) is -0.723. The highest BCUT2D eigenvalue weighted by Gasteiger charge is 2.15. The number of fused-ring (bicyclic) bond motifs is 1. The number of carbonyl (C=O) groups excluding carboxylic acids is 1. The number of hydrogen-bond acceptors (Lipinski definition) is 4. The summed E-state index contributed by atoms with van der Waals surface area (Å²) in [6, 6.07) is 15.9. The van der Waals surface area contributed by atoms with Crippen molar-refractivity contribution in [2.75, 3.05) is 11.9 Å². The second-order valence-electron chi connectivity index (χ2n) is 8.27. The summed E-state index contributed by atoms with van der Waals surface area (Å²) in [5.41, 5.74) is 4.71. The number of pyridine rings is 1. The summed E-state index contributed by atoms with van der Waals surface area (Å²) in [6.45, 7) is 6.53. The van der Waals surface area contributed by atoms with E-state index in [4.69, 9.17) is 5.11 Å². The van der Waals surface area contributed by atoms with Crippen LogP contribution in [-0.4, -0.2) is 28.5 Å². The molecule has 31 heavy (non-hydrogen) atoms. The van der Waals surface area contributed by atoms with Crippen LogP contribution in [0.25, 0.3) is 10.9 Å². The predicted molar refractivity (Wildman–Crippen MR) is 123 cm³/mol. The van der Waals surface area contributed by atoms with Crippen molar-refractivity contribution in [3.63, 3.8) is 0 Å². The molecule has 1 atom stereocenters. The maximum atomic E-state index is 12.2. The third-order valence-electron chi connectivity index (χ3n) is 5.09. The van der Waals surface area contributed by atoms with Gasteiger partial charge in [-0.3, -0.25) is 14.6 Å². The highest BCUT2D eigenvalue weighted by Crippen LogP contribution is 2.27. The van der Waals surface area contributed by atoms with Crippen LogP contribution in [0, 0.1) is 12.8 Å². The van der Waals surface area contributed by atoms with E-state index in [0.29, 0.717) is 11.5 Å². The molecule has 0 aliphatic rings. The summed E-state index contributed by atoms with van der Waals surface area (Å²) < 4.78 is 0. The van der Waals surface area contributed by atoms with Crippen molar-refractivity contribution >= 4 is 28.5 Å². The summed E-state index contributed by atoms with van der Waals surface area (Å²) in [6.07, 6.45) is 2.69. The Morgan fingerprint density at radius 3 is 2.48 bits per heavy atom. The first-order valence-electron chi connectivity index (χ1n) is 10.5. The van der Waals surface area contributed by atoms with Crippen LogP contribution in [0.3, 0.4) is 0 Å². The summed E-state index contributed by atoms with van der Waals surface area (Å²) in [4.78, 5) is 27.4. The number of carbonyl (C=O) groups is 2. The van der Waals surface area contributed by atoms with Crippen LogP contribution in [0.2, 0.25) is 0 Å². The number of hydrogen-bond donors (Lipinski definition) is 3. The molecule has 0 spiro atoms. The second kappa shape index (κ2) is 10.1. The van der Waals surface area contributed by atoms with Gasteiger partial charge in [-0.15, -0.1) is 0 Å². The Morgan fingerprint density at radius 2 is 1.81 bits per heavy atom. The molecule has 3 rings (SSSR count). The minimum Gasteiger partial charge on any atom is -0.481 e. The second-order valence-corrected chi connectivity index (χ2v) is 8.27. The van der Waals surface area contributed by atoms with E-state index in [9.17, 15) is 9.59 Å². The first-order valence-corrected chi connectivity index (χ1v) is 10.5. The Bertz CT molecular complexity index is 1060. The van der Waals surface area contributed by atoms with E-state index in [1.807, 2.05) is 18.3 Å². The summed E-state index contributed by atoms with van der Waals surface area (Å²) >= 11 is 0. The highest BCUT2D eigenvalue weighted by atomic mass is 16.4. The van der Waals surface area contributed by atoms with Crippen molar-refractivity contribution < 1.29 is 14.7 Å². The van der Waals surface area contributed by atoms with Gasteiger partial charge in [0, 0.05) is 17.5 Å². The van der Waals surface area contributed by atoms with Gasteiger partial charge in [-0.25, -0.2) is 0 Å². The smallest absolute Gasteiger partial charge is 0.305 e. The molecule has 1 amide bonds. The molecule has 0 unspecified atom stereocenters. The molecule has 162 valence electrons. The average molecular weight is 420 g/mol. The van der Waals surface area contributed by atoms with Crippen molar-refractivity contribution in [2.45, 2.75) is 39.7 Å². The lowest BCUT2D eigenvalue weighted by Crippen LogP contribution is -2.26. The van der Waals surface area contributed by atoms with Gasteiger partial charge < -0.3 is 15.7 Å². The molecule has 0 radical (unpaired) electrons. The zero-order chi connectivity index (χ0) is 22.4. The molecule has 0 aliphatic heterocycles. The van der Waals surface area contributed by atoms with Crippen molar-refractivity contribution in [2.24, 2.45) is 5.92 Å². The Kier molecular flexibility index (Phi) is 7.23. The summed E-state index contributed by atoms with van der Waals surface area (Å²) in [7, 11) is 0. The quantitative estimate of drug-likeness (QED) is 0.457. The van der Waals surface area contributed by atoms with Crippen LogP contribution < -0.4 is 10.6 Å². The van der Waals surface area contributed by atoms with Crippen LogP contribution in [0.5, 0.6) is 0 Å². The van der Waals surface area contributed by atoms with Crippen LogP contribution >= 0.6 is 0 Å². The number of nitrogens with zero attached hydrogens (tertiary/aromatic N) is 1. The molecule has 6 heteroatoms. The third-order valence-corrected chi connectivity index (χ3v) is 5.09. The predicted octanol–water partition coefficient (Wildman–Crippen LogP) is 4.95. The van der Waals surface area contributed by atoms with Crippen LogP contribution in [0.15, 0.2) is 54.7 Å². The Labute approximate surface area is 182 Å². The molecule has 1 heterocycles. The number of aromatic nitrogens is 1. The molecule has 1 aromatic heterocycles. The van der Waals surface area contributed by atoms with Gasteiger partial charge in [-0.05, 0) is 54.7 Å². The SMILES string of the molecule is Cc1ccc2cc(N[C@@H](CC(C)C)c3ccc(C(=O)NCCC(=O)O)cc3)cnc2c1. The maximum Gasteiger partial charge on any atom is 0.305 e. The molecule has 0 saturated heterocycles. The van der Waals surface area contributed by atoms with E-state index < -0.39 is 5.97 Å². The molecule has 6 nitrogen and oxygen atoms in total. The average Bonchev–Trinajstić information content (AvgIpc) is 2.73. The maximum absolute atomic E-state index is 12.2. The van der Waals surface area contributed by atoms with Gasteiger partial charge in [0.05, 0.1) is 29.9 Å².